The van der Waals surface area contributed by atoms with Crippen molar-refractivity contribution in [3.8, 4) is 0 Å². The molecule has 0 saturated heterocycles. The summed E-state index contributed by atoms with van der Waals surface area (Å²) in [6.07, 6.45) is -0.806. The quantitative estimate of drug-likeness (QED) is 0.301. The average Bonchev–Trinajstić information content (AvgIpc) is 1.56. The van der Waals surface area contributed by atoms with Gasteiger partial charge in [-0.15, -0.1) is 0 Å². The number of hydrogen-bond donors (Lipinski definition) is 2. The largest absolute Gasteiger partial charge is 1.00 e. The molecule has 0 bridgehead atoms. The van der Waals surface area contributed by atoms with Crippen LogP contribution in [0.25, 0.3) is 0 Å². The van der Waals surface area contributed by atoms with Crippen molar-refractivity contribution in [3.63, 3.8) is 0 Å². The van der Waals surface area contributed by atoms with Crippen LogP contribution in [0, 0.1) is 5.92 Å². The number of hydrogen-bond acceptors (Lipinski definition) is 2. The summed E-state index contributed by atoms with van der Waals surface area (Å²) in [5.41, 5.74) is 0. The van der Waals surface area contributed by atoms with Crippen LogP contribution in [0.3, 0.4) is 0 Å². The number of carboxylic acids is 2. The maximum Gasteiger partial charge on any atom is 1.00 e. The number of aliphatic carboxylic acids is 2. The topological polar surface area (TPSA) is 74.6 Å². The van der Waals surface area contributed by atoms with Gasteiger partial charge in [-0.25, -0.2) is 0 Å². The van der Waals surface area contributed by atoms with E-state index >= 15 is 0 Å². The second-order valence-electron chi connectivity index (χ2n) is 2.46. The molecule has 0 aromatic carbocycles. The van der Waals surface area contributed by atoms with Gasteiger partial charge in [0.25, 0.3) is 0 Å². The molecule has 0 aromatic rings. The fraction of sp³-hybridized carbons (Fsp3) is 0.571. The summed E-state index contributed by atoms with van der Waals surface area (Å²) in [6, 6.07) is 0. The zero-order valence-electron chi connectivity index (χ0n) is 7.92. The maximum atomic E-state index is 9.43. The van der Waals surface area contributed by atoms with Gasteiger partial charge in [-0.05, 0) is 0 Å². The van der Waals surface area contributed by atoms with Gasteiger partial charge < -0.3 is 16.1 Å². The molecule has 0 heterocycles. The summed E-state index contributed by atoms with van der Waals surface area (Å²) in [5.74, 6) is -1.21. The molecular formula is C7H13NaO4. The molecule has 66 valence electrons. The Kier molecular flexibility index (Phi) is 16.3. The van der Waals surface area contributed by atoms with E-state index in [1.807, 2.05) is 0 Å². The van der Waals surface area contributed by atoms with Crippen molar-refractivity contribution < 1.29 is 49.4 Å². The van der Waals surface area contributed by atoms with Crippen molar-refractivity contribution in [3.05, 3.63) is 5.92 Å². The SMILES string of the molecule is C[C-](C)C.O=C(O)CC(=O)O.[Na+]. The van der Waals surface area contributed by atoms with E-state index in [0.29, 0.717) is 0 Å². The van der Waals surface area contributed by atoms with Crippen molar-refractivity contribution in [2.45, 2.75) is 27.2 Å². The van der Waals surface area contributed by atoms with Crippen LogP contribution in [0.15, 0.2) is 0 Å². The Hall–Kier alpha value is -0.0600. The minimum Gasteiger partial charge on any atom is -0.481 e. The zero-order valence-corrected chi connectivity index (χ0v) is 9.92. The number of rotatable bonds is 2. The Balaban J connectivity index is -0.000000142. The molecule has 2 N–H and O–H groups in total. The van der Waals surface area contributed by atoms with Crippen molar-refractivity contribution in [1.29, 1.82) is 0 Å². The van der Waals surface area contributed by atoms with Gasteiger partial charge in [0.1, 0.15) is 6.42 Å². The molecule has 0 spiro atoms. The normalized spacial score (nSPS) is 7.67. The molecule has 5 heteroatoms. The van der Waals surface area contributed by atoms with Gasteiger partial charge >= 0.3 is 41.5 Å². The Bertz CT molecular complexity index is 119. The van der Waals surface area contributed by atoms with Crippen LogP contribution in [0.4, 0.5) is 0 Å². The van der Waals surface area contributed by atoms with E-state index in [1.54, 1.807) is 0 Å². The molecule has 0 unspecified atom stereocenters. The zero-order chi connectivity index (χ0) is 9.44. The molecule has 0 fully saturated rings. The molecule has 0 aliphatic rings. The second kappa shape index (κ2) is 10.9. The summed E-state index contributed by atoms with van der Waals surface area (Å²) in [5, 5.41) is 15.4. The van der Waals surface area contributed by atoms with E-state index in [2.05, 4.69) is 20.8 Å². The number of carbonyl (C=O) groups is 2. The van der Waals surface area contributed by atoms with Crippen LogP contribution in [-0.4, -0.2) is 22.2 Å². The van der Waals surface area contributed by atoms with Gasteiger partial charge in [-0.2, -0.15) is 20.8 Å². The molecule has 0 aromatic heterocycles. The predicted octanol–water partition coefficient (Wildman–Crippen LogP) is -1.83. The Morgan fingerprint density at radius 3 is 1.25 bits per heavy atom. The van der Waals surface area contributed by atoms with Gasteiger partial charge in [0, 0.05) is 0 Å². The smallest absolute Gasteiger partial charge is 0.481 e. The van der Waals surface area contributed by atoms with Crippen molar-refractivity contribution >= 4 is 11.9 Å². The fourth-order valence-corrected chi connectivity index (χ4v) is 0.129. The monoisotopic (exact) mass is 184 g/mol. The Morgan fingerprint density at radius 1 is 1.08 bits per heavy atom. The molecule has 0 rings (SSSR count). The average molecular weight is 184 g/mol. The van der Waals surface area contributed by atoms with Crippen LogP contribution in [0.1, 0.15) is 27.2 Å². The van der Waals surface area contributed by atoms with Crippen LogP contribution >= 0.6 is 0 Å². The first-order chi connectivity index (χ1) is 4.86. The summed E-state index contributed by atoms with van der Waals surface area (Å²) < 4.78 is 0. The van der Waals surface area contributed by atoms with Crippen LogP contribution in [-0.2, 0) is 9.59 Å². The van der Waals surface area contributed by atoms with Crippen molar-refractivity contribution in [2.75, 3.05) is 0 Å². The van der Waals surface area contributed by atoms with Crippen molar-refractivity contribution in [1.82, 2.24) is 0 Å². The maximum absolute atomic E-state index is 9.43. The van der Waals surface area contributed by atoms with E-state index in [4.69, 9.17) is 10.2 Å². The first-order valence-corrected chi connectivity index (χ1v) is 3.06. The summed E-state index contributed by atoms with van der Waals surface area (Å²) >= 11 is 0. The second-order valence-corrected chi connectivity index (χ2v) is 2.46. The first-order valence-electron chi connectivity index (χ1n) is 3.06. The van der Waals surface area contributed by atoms with Crippen LogP contribution < -0.4 is 29.6 Å². The van der Waals surface area contributed by atoms with E-state index < -0.39 is 18.4 Å². The van der Waals surface area contributed by atoms with Crippen molar-refractivity contribution in [2.24, 2.45) is 0 Å². The molecule has 0 amide bonds. The molecule has 0 atom stereocenters. The van der Waals surface area contributed by atoms with E-state index in [9.17, 15) is 9.59 Å². The minimum absolute atomic E-state index is 0. The summed E-state index contributed by atoms with van der Waals surface area (Å²) in [7, 11) is 0. The van der Waals surface area contributed by atoms with Crippen LogP contribution in [0.5, 0.6) is 0 Å². The third-order valence-electron chi connectivity index (χ3n) is 0.302. The van der Waals surface area contributed by atoms with Gasteiger partial charge in [0.15, 0.2) is 0 Å². The standard InChI is InChI=1S/C4H9.C3H4O4.Na/c1-4(2)3;4-2(5)1-3(6)7;/h1-3H3;1H2,(H,4,5)(H,6,7);/q-1;;+1. The fourth-order valence-electron chi connectivity index (χ4n) is 0.129. The summed E-state index contributed by atoms with van der Waals surface area (Å²) in [4.78, 5) is 18.9. The van der Waals surface area contributed by atoms with Gasteiger partial charge in [0.2, 0.25) is 0 Å². The third kappa shape index (κ3) is 51.2. The molecule has 4 nitrogen and oxygen atoms in total. The summed E-state index contributed by atoms with van der Waals surface area (Å²) in [6.45, 7) is 6.25. The van der Waals surface area contributed by atoms with E-state index in [-0.39, 0.29) is 29.6 Å². The molecular weight excluding hydrogens is 171 g/mol. The van der Waals surface area contributed by atoms with E-state index in [0.717, 1.165) is 0 Å². The minimum atomic E-state index is -1.31. The van der Waals surface area contributed by atoms with Gasteiger partial charge in [-0.3, -0.25) is 9.59 Å². The Morgan fingerprint density at radius 2 is 1.25 bits per heavy atom. The molecule has 12 heavy (non-hydrogen) atoms. The predicted molar refractivity (Wildman–Crippen MR) is 40.2 cm³/mol. The Labute approximate surface area is 94.3 Å². The van der Waals surface area contributed by atoms with Gasteiger partial charge in [-0.1, -0.05) is 0 Å². The molecule has 0 aliphatic carbocycles. The molecule has 0 saturated carbocycles. The van der Waals surface area contributed by atoms with E-state index in [1.165, 1.54) is 5.92 Å². The molecule has 0 radical (unpaired) electrons. The first kappa shape index (κ1) is 17.9. The third-order valence-corrected chi connectivity index (χ3v) is 0.302. The van der Waals surface area contributed by atoms with Crippen LogP contribution in [0.2, 0.25) is 0 Å². The number of carboxylic acid groups (broad SMARTS) is 2. The van der Waals surface area contributed by atoms with Gasteiger partial charge in [0.05, 0.1) is 0 Å². The molecule has 0 aliphatic heterocycles.